The highest BCUT2D eigenvalue weighted by atomic mass is 35.5. The topological polar surface area (TPSA) is 0 Å². The van der Waals surface area contributed by atoms with E-state index in [1.165, 1.54) is 0 Å². The average Bonchev–Trinajstić information content (AvgIpc) is 2.25. The highest BCUT2D eigenvalue weighted by Crippen LogP contribution is 2.44. The average molecular weight is 328 g/mol. The first-order valence-corrected chi connectivity index (χ1v) is 6.74. The predicted molar refractivity (Wildman–Crippen MR) is 77.4 cm³/mol. The molecular formula is C12H7Cl5. The van der Waals surface area contributed by atoms with E-state index in [2.05, 4.69) is 0 Å². The number of hydrogen-bond donors (Lipinski definition) is 0. The van der Waals surface area contributed by atoms with Crippen LogP contribution in [0.15, 0.2) is 41.4 Å². The Balaban J connectivity index is 2.51. The zero-order valence-corrected chi connectivity index (χ0v) is 12.2. The molecule has 0 nitrogen and oxygen atoms in total. The molecule has 17 heavy (non-hydrogen) atoms. The number of alkyl halides is 3. The summed E-state index contributed by atoms with van der Waals surface area (Å²) >= 11 is 30.4. The van der Waals surface area contributed by atoms with E-state index in [-0.39, 0.29) is 0 Å². The Morgan fingerprint density at radius 1 is 1.06 bits per heavy atom. The lowest BCUT2D eigenvalue weighted by Crippen LogP contribution is -2.18. The molecule has 0 spiro atoms. The molecule has 0 bridgehead atoms. The monoisotopic (exact) mass is 326 g/mol. The van der Waals surface area contributed by atoms with Crippen LogP contribution < -0.4 is 0 Å². The molecule has 90 valence electrons. The third-order valence-electron chi connectivity index (χ3n) is 2.43. The summed E-state index contributed by atoms with van der Waals surface area (Å²) in [7, 11) is 0. The van der Waals surface area contributed by atoms with Crippen molar-refractivity contribution in [2.24, 2.45) is 0 Å². The number of benzene rings is 1. The predicted octanol–water partition coefficient (Wildman–Crippen LogP) is 5.64. The zero-order chi connectivity index (χ0) is 12.6. The second-order valence-electron chi connectivity index (χ2n) is 3.62. The Morgan fingerprint density at radius 3 is 2.35 bits per heavy atom. The molecule has 0 amide bonds. The molecule has 0 aliphatic heterocycles. The molecule has 1 aromatic rings. The summed E-state index contributed by atoms with van der Waals surface area (Å²) in [5.74, 6) is 0. The summed E-state index contributed by atoms with van der Waals surface area (Å²) in [5, 5.41) is 0.504. The van der Waals surface area contributed by atoms with E-state index in [4.69, 9.17) is 58.0 Å². The second kappa shape index (κ2) is 5.03. The summed E-state index contributed by atoms with van der Waals surface area (Å²) in [5.41, 5.74) is 1.56. The summed E-state index contributed by atoms with van der Waals surface area (Å²) in [6.07, 6.45) is 3.24. The molecule has 0 saturated heterocycles. The first-order valence-electron chi connectivity index (χ1n) is 4.79. The van der Waals surface area contributed by atoms with Gasteiger partial charge in [0.15, 0.2) is 4.33 Å². The molecule has 1 aliphatic carbocycles. The number of rotatable bonds is 1. The molecule has 1 aromatic carbocycles. The molecule has 1 aliphatic rings. The normalized spacial score (nSPS) is 23.0. The second-order valence-corrected chi connectivity index (χ2v) is 6.29. The van der Waals surface area contributed by atoms with Crippen molar-refractivity contribution in [3.63, 3.8) is 0 Å². The Kier molecular flexibility index (Phi) is 4.02. The van der Waals surface area contributed by atoms with Gasteiger partial charge in [0.05, 0.1) is 10.4 Å². The Bertz CT molecular complexity index is 501. The van der Waals surface area contributed by atoms with E-state index in [0.717, 1.165) is 11.1 Å². The van der Waals surface area contributed by atoms with Gasteiger partial charge in [0.25, 0.3) is 0 Å². The summed E-state index contributed by atoms with van der Waals surface area (Å²) in [4.78, 5) is 0. The maximum atomic E-state index is 6.21. The third-order valence-corrected chi connectivity index (χ3v) is 4.36. The Morgan fingerprint density at radius 2 is 1.71 bits per heavy atom. The van der Waals surface area contributed by atoms with Crippen LogP contribution in [0.5, 0.6) is 0 Å². The molecule has 0 fully saturated rings. The van der Waals surface area contributed by atoms with Crippen LogP contribution in [-0.4, -0.2) is 9.71 Å². The van der Waals surface area contributed by atoms with Crippen molar-refractivity contribution in [2.45, 2.75) is 9.71 Å². The minimum absolute atomic E-state index is 0.302. The lowest BCUT2D eigenvalue weighted by atomic mass is 9.97. The molecule has 0 N–H and O–H groups in total. The van der Waals surface area contributed by atoms with Crippen LogP contribution in [0, 0.1) is 0 Å². The van der Waals surface area contributed by atoms with E-state index in [0.29, 0.717) is 10.1 Å². The lowest BCUT2D eigenvalue weighted by molar-refractivity contribution is 1.15. The van der Waals surface area contributed by atoms with Crippen LogP contribution in [0.3, 0.4) is 0 Å². The molecule has 0 saturated carbocycles. The van der Waals surface area contributed by atoms with Gasteiger partial charge in [-0.05, 0) is 29.4 Å². The van der Waals surface area contributed by atoms with Gasteiger partial charge in [0, 0.05) is 5.02 Å². The number of hydrogen-bond acceptors (Lipinski definition) is 0. The van der Waals surface area contributed by atoms with Crippen LogP contribution in [0.1, 0.15) is 5.56 Å². The first kappa shape index (κ1) is 13.6. The summed E-state index contributed by atoms with van der Waals surface area (Å²) in [6, 6.07) is 7.36. The summed E-state index contributed by atoms with van der Waals surface area (Å²) in [6.45, 7) is 0. The molecule has 0 heterocycles. The first-order chi connectivity index (χ1) is 7.92. The van der Waals surface area contributed by atoms with E-state index < -0.39 is 9.71 Å². The van der Waals surface area contributed by atoms with Gasteiger partial charge in [-0.25, -0.2) is 0 Å². The van der Waals surface area contributed by atoms with E-state index in [9.17, 15) is 0 Å². The maximum absolute atomic E-state index is 6.21. The highest BCUT2D eigenvalue weighted by Gasteiger charge is 2.33. The lowest BCUT2D eigenvalue weighted by Gasteiger charge is -2.25. The Labute approximate surface area is 125 Å². The molecule has 0 radical (unpaired) electrons. The van der Waals surface area contributed by atoms with Gasteiger partial charge < -0.3 is 0 Å². The van der Waals surface area contributed by atoms with Crippen molar-refractivity contribution in [3.05, 3.63) is 52.0 Å². The van der Waals surface area contributed by atoms with E-state index in [1.54, 1.807) is 18.2 Å². The molecule has 1 atom stereocenters. The SMILES string of the molecule is ClC1=CC(Cl)C(c2ccccc2Cl)=CC1(Cl)Cl. The largest absolute Gasteiger partial charge is 0.172 e. The molecule has 0 aromatic heterocycles. The van der Waals surface area contributed by atoms with Gasteiger partial charge in [-0.2, -0.15) is 0 Å². The van der Waals surface area contributed by atoms with E-state index in [1.807, 2.05) is 18.2 Å². The van der Waals surface area contributed by atoms with Crippen LogP contribution >= 0.6 is 58.0 Å². The van der Waals surface area contributed by atoms with Crippen molar-refractivity contribution in [1.82, 2.24) is 0 Å². The van der Waals surface area contributed by atoms with Gasteiger partial charge in [-0.15, -0.1) is 11.6 Å². The van der Waals surface area contributed by atoms with Gasteiger partial charge in [-0.3, -0.25) is 0 Å². The van der Waals surface area contributed by atoms with Crippen LogP contribution in [0.4, 0.5) is 0 Å². The Hall–Kier alpha value is 0.150. The fraction of sp³-hybridized carbons (Fsp3) is 0.167. The van der Waals surface area contributed by atoms with Gasteiger partial charge in [-0.1, -0.05) is 64.6 Å². The minimum Gasteiger partial charge on any atom is -0.113 e. The molecule has 1 unspecified atom stereocenters. The highest BCUT2D eigenvalue weighted by molar-refractivity contribution is 6.58. The van der Waals surface area contributed by atoms with Crippen molar-refractivity contribution in [3.8, 4) is 0 Å². The minimum atomic E-state index is -1.25. The third kappa shape index (κ3) is 2.77. The van der Waals surface area contributed by atoms with Crippen molar-refractivity contribution >= 4 is 63.6 Å². The molecule has 2 rings (SSSR count). The van der Waals surface area contributed by atoms with Crippen LogP contribution in [0.25, 0.3) is 5.57 Å². The zero-order valence-electron chi connectivity index (χ0n) is 8.43. The maximum Gasteiger partial charge on any atom is 0.172 e. The standard InChI is InChI=1S/C12H7Cl5/c13-9-4-2-1-3-7(9)8-6-12(16,17)11(15)5-10(8)14/h1-6,10H. The van der Waals surface area contributed by atoms with Gasteiger partial charge in [0.2, 0.25) is 0 Å². The number of halogens is 5. The van der Waals surface area contributed by atoms with Gasteiger partial charge in [0.1, 0.15) is 0 Å². The van der Waals surface area contributed by atoms with Crippen molar-refractivity contribution < 1.29 is 0 Å². The van der Waals surface area contributed by atoms with Crippen molar-refractivity contribution in [1.29, 1.82) is 0 Å². The van der Waals surface area contributed by atoms with E-state index >= 15 is 0 Å². The number of allylic oxidation sites excluding steroid dienone is 4. The van der Waals surface area contributed by atoms with Crippen molar-refractivity contribution in [2.75, 3.05) is 0 Å². The van der Waals surface area contributed by atoms with Gasteiger partial charge >= 0.3 is 0 Å². The summed E-state index contributed by atoms with van der Waals surface area (Å²) < 4.78 is -1.25. The fourth-order valence-corrected chi connectivity index (χ4v) is 2.75. The van der Waals surface area contributed by atoms with Crippen LogP contribution in [0.2, 0.25) is 5.02 Å². The molecular weight excluding hydrogens is 321 g/mol. The quantitative estimate of drug-likeness (QED) is 0.585. The molecule has 5 heteroatoms. The fourth-order valence-electron chi connectivity index (χ4n) is 1.59. The smallest absolute Gasteiger partial charge is 0.113 e. The van der Waals surface area contributed by atoms with Crippen LogP contribution in [-0.2, 0) is 0 Å².